The molecular weight excluding hydrogens is 290 g/mol. The van der Waals surface area contributed by atoms with Gasteiger partial charge in [-0.05, 0) is 30.0 Å². The third-order valence-corrected chi connectivity index (χ3v) is 3.73. The molecule has 124 valence electrons. The number of phenols is 1. The molecule has 0 saturated carbocycles. The van der Waals surface area contributed by atoms with Crippen LogP contribution in [0.4, 0.5) is 0 Å². The van der Waals surface area contributed by atoms with Crippen molar-refractivity contribution in [2.75, 3.05) is 6.54 Å². The van der Waals surface area contributed by atoms with Gasteiger partial charge in [-0.25, -0.2) is 4.68 Å². The first kappa shape index (κ1) is 17.1. The minimum absolute atomic E-state index is 0.0439. The number of hydrogen-bond donors (Lipinski definition) is 2. The lowest BCUT2D eigenvalue weighted by molar-refractivity contribution is 0.0950. The predicted octanol–water partition coefficient (Wildman–Crippen LogP) is 3.41. The molecule has 0 spiro atoms. The molecule has 0 bridgehead atoms. The largest absolute Gasteiger partial charge is 0.507 e. The summed E-state index contributed by atoms with van der Waals surface area (Å²) in [5.74, 6) is -0.210. The summed E-state index contributed by atoms with van der Waals surface area (Å²) in [6, 6.07) is 5.38. The molecule has 5 heteroatoms. The van der Waals surface area contributed by atoms with Crippen molar-refractivity contribution in [2.24, 2.45) is 0 Å². The first-order chi connectivity index (χ1) is 10.8. The van der Waals surface area contributed by atoms with Crippen molar-refractivity contribution < 1.29 is 9.90 Å². The van der Waals surface area contributed by atoms with Crippen LogP contribution in [-0.4, -0.2) is 27.3 Å². The average molecular weight is 315 g/mol. The summed E-state index contributed by atoms with van der Waals surface area (Å²) in [7, 11) is 0. The van der Waals surface area contributed by atoms with Crippen LogP contribution in [-0.2, 0) is 5.41 Å². The van der Waals surface area contributed by atoms with Gasteiger partial charge < -0.3 is 10.4 Å². The number of aromatic nitrogens is 2. The summed E-state index contributed by atoms with van der Waals surface area (Å²) >= 11 is 0. The second-order valence-corrected chi connectivity index (χ2v) is 6.70. The van der Waals surface area contributed by atoms with E-state index < -0.39 is 0 Å². The van der Waals surface area contributed by atoms with Gasteiger partial charge in [0.2, 0.25) is 0 Å². The number of hydrogen-bond acceptors (Lipinski definition) is 3. The molecule has 0 aliphatic rings. The fourth-order valence-electron chi connectivity index (χ4n) is 2.39. The minimum Gasteiger partial charge on any atom is -0.507 e. The van der Waals surface area contributed by atoms with E-state index >= 15 is 0 Å². The Balaban J connectivity index is 2.48. The molecule has 0 radical (unpaired) electrons. The van der Waals surface area contributed by atoms with E-state index in [9.17, 15) is 9.90 Å². The third-order valence-electron chi connectivity index (χ3n) is 3.73. The van der Waals surface area contributed by atoms with Crippen molar-refractivity contribution in [3.8, 4) is 11.4 Å². The van der Waals surface area contributed by atoms with Crippen molar-refractivity contribution in [1.82, 2.24) is 15.1 Å². The first-order valence-electron chi connectivity index (χ1n) is 8.00. The van der Waals surface area contributed by atoms with Crippen LogP contribution in [0.25, 0.3) is 5.69 Å². The van der Waals surface area contributed by atoms with E-state index in [-0.39, 0.29) is 17.1 Å². The Kier molecular flexibility index (Phi) is 5.08. The number of amides is 1. The molecule has 0 unspecified atom stereocenters. The van der Waals surface area contributed by atoms with Crippen molar-refractivity contribution in [1.29, 1.82) is 0 Å². The van der Waals surface area contributed by atoms with Crippen LogP contribution < -0.4 is 5.32 Å². The van der Waals surface area contributed by atoms with E-state index in [4.69, 9.17) is 0 Å². The lowest BCUT2D eigenvalue weighted by atomic mass is 9.84. The number of nitrogens with zero attached hydrogens (tertiary/aromatic N) is 2. The zero-order valence-electron chi connectivity index (χ0n) is 14.3. The Bertz CT molecular complexity index is 670. The molecule has 2 N–H and O–H groups in total. The molecular formula is C18H25N3O2. The molecule has 0 fully saturated rings. The Morgan fingerprint density at radius 3 is 2.65 bits per heavy atom. The van der Waals surface area contributed by atoms with Crippen molar-refractivity contribution in [3.05, 3.63) is 41.7 Å². The van der Waals surface area contributed by atoms with Crippen molar-refractivity contribution >= 4 is 5.91 Å². The standard InChI is InChI=1S/C18H25N3O2/c1-5-6-8-19-17(23)14-11-13(21-10-7-9-20-21)12-15(16(14)22)18(2,3)4/h7,9-12,22H,5-6,8H2,1-4H3,(H,19,23). The number of benzene rings is 1. The number of carbonyl (C=O) groups is 1. The fourth-order valence-corrected chi connectivity index (χ4v) is 2.39. The molecule has 0 aliphatic heterocycles. The van der Waals surface area contributed by atoms with E-state index in [2.05, 4.69) is 17.3 Å². The summed E-state index contributed by atoms with van der Waals surface area (Å²) in [5, 5.41) is 17.7. The number of unbranched alkanes of at least 4 members (excludes halogenated alkanes) is 1. The van der Waals surface area contributed by atoms with Crippen LogP contribution in [0.3, 0.4) is 0 Å². The lowest BCUT2D eigenvalue weighted by Gasteiger charge is -2.23. The van der Waals surface area contributed by atoms with E-state index in [1.165, 1.54) is 0 Å². The zero-order chi connectivity index (χ0) is 17.0. The van der Waals surface area contributed by atoms with Gasteiger partial charge >= 0.3 is 0 Å². The Morgan fingerprint density at radius 1 is 1.35 bits per heavy atom. The molecule has 0 saturated heterocycles. The monoisotopic (exact) mass is 315 g/mol. The van der Waals surface area contributed by atoms with Gasteiger partial charge in [0.15, 0.2) is 0 Å². The van der Waals surface area contributed by atoms with Gasteiger partial charge in [-0.2, -0.15) is 5.10 Å². The second kappa shape index (κ2) is 6.86. The normalized spacial score (nSPS) is 11.5. The van der Waals surface area contributed by atoms with Crippen LogP contribution in [0, 0.1) is 0 Å². The van der Waals surface area contributed by atoms with Crippen LogP contribution in [0.5, 0.6) is 5.75 Å². The Morgan fingerprint density at radius 2 is 2.09 bits per heavy atom. The molecule has 0 atom stereocenters. The molecule has 1 aromatic carbocycles. The Labute approximate surface area is 137 Å². The molecule has 2 rings (SSSR count). The maximum atomic E-state index is 12.4. The highest BCUT2D eigenvalue weighted by Crippen LogP contribution is 2.35. The summed E-state index contributed by atoms with van der Waals surface area (Å²) in [5.41, 5.74) is 1.50. The number of nitrogens with one attached hydrogen (secondary N) is 1. The number of carbonyl (C=O) groups excluding carboxylic acids is 1. The number of rotatable bonds is 5. The van der Waals surface area contributed by atoms with Crippen molar-refractivity contribution in [3.63, 3.8) is 0 Å². The quantitative estimate of drug-likeness (QED) is 0.831. The maximum absolute atomic E-state index is 12.4. The maximum Gasteiger partial charge on any atom is 0.255 e. The van der Waals surface area contributed by atoms with E-state index in [0.29, 0.717) is 12.1 Å². The fraction of sp³-hybridized carbons (Fsp3) is 0.444. The van der Waals surface area contributed by atoms with Gasteiger partial charge in [0.05, 0.1) is 11.3 Å². The van der Waals surface area contributed by atoms with Crippen LogP contribution in [0.15, 0.2) is 30.6 Å². The van der Waals surface area contributed by atoms with Gasteiger partial charge in [0.1, 0.15) is 5.75 Å². The number of phenolic OH excluding ortho intramolecular Hbond substituents is 1. The smallest absolute Gasteiger partial charge is 0.255 e. The summed E-state index contributed by atoms with van der Waals surface area (Å²) < 4.78 is 1.69. The zero-order valence-corrected chi connectivity index (χ0v) is 14.3. The highest BCUT2D eigenvalue weighted by molar-refractivity contribution is 5.98. The predicted molar refractivity (Wildman–Crippen MR) is 91.2 cm³/mol. The van der Waals surface area contributed by atoms with Crippen molar-refractivity contribution in [2.45, 2.75) is 46.0 Å². The number of aromatic hydroxyl groups is 1. The minimum atomic E-state index is -0.286. The average Bonchev–Trinajstić information content (AvgIpc) is 3.00. The topological polar surface area (TPSA) is 67.2 Å². The Hall–Kier alpha value is -2.30. The summed E-state index contributed by atoms with van der Waals surface area (Å²) in [4.78, 5) is 12.4. The molecule has 0 aliphatic carbocycles. The molecule has 5 nitrogen and oxygen atoms in total. The van der Waals surface area contributed by atoms with E-state index in [0.717, 1.165) is 24.1 Å². The third kappa shape index (κ3) is 3.92. The molecule has 23 heavy (non-hydrogen) atoms. The van der Waals surface area contributed by atoms with E-state index in [1.807, 2.05) is 39.1 Å². The first-order valence-corrected chi connectivity index (χ1v) is 8.00. The van der Waals surface area contributed by atoms with Gasteiger partial charge in [0.25, 0.3) is 5.91 Å². The lowest BCUT2D eigenvalue weighted by Crippen LogP contribution is -2.25. The van der Waals surface area contributed by atoms with Gasteiger partial charge in [-0.15, -0.1) is 0 Å². The highest BCUT2D eigenvalue weighted by Gasteiger charge is 2.24. The summed E-state index contributed by atoms with van der Waals surface area (Å²) in [6.45, 7) is 8.69. The SMILES string of the molecule is CCCCNC(=O)c1cc(-n2cccn2)cc(C(C)(C)C)c1O. The molecule has 1 aromatic heterocycles. The van der Waals surface area contributed by atoms with Crippen LogP contribution >= 0.6 is 0 Å². The van der Waals surface area contributed by atoms with Crippen LogP contribution in [0.1, 0.15) is 56.5 Å². The molecule has 1 heterocycles. The summed E-state index contributed by atoms with van der Waals surface area (Å²) in [6.07, 6.45) is 5.42. The van der Waals surface area contributed by atoms with E-state index in [1.54, 1.807) is 16.9 Å². The second-order valence-electron chi connectivity index (χ2n) is 6.70. The molecule has 2 aromatic rings. The molecule has 1 amide bonds. The van der Waals surface area contributed by atoms with Gasteiger partial charge in [-0.1, -0.05) is 34.1 Å². The van der Waals surface area contributed by atoms with Gasteiger partial charge in [-0.3, -0.25) is 4.79 Å². The highest BCUT2D eigenvalue weighted by atomic mass is 16.3. The van der Waals surface area contributed by atoms with Gasteiger partial charge in [0, 0.05) is 24.5 Å². The van der Waals surface area contributed by atoms with Crippen LogP contribution in [0.2, 0.25) is 0 Å².